The van der Waals surface area contributed by atoms with E-state index in [0.717, 1.165) is 25.7 Å². The van der Waals surface area contributed by atoms with E-state index in [1.165, 1.54) is 193 Å². The van der Waals surface area contributed by atoms with Gasteiger partial charge in [0.25, 0.3) is 0 Å². The monoisotopic (exact) mass is 582 g/mol. The van der Waals surface area contributed by atoms with Crippen LogP contribution in [-0.4, -0.2) is 22.7 Å². The normalized spacial score (nSPS) is 13.2. The Kier molecular flexibility index (Phi) is 36.0. The van der Waals surface area contributed by atoms with E-state index in [2.05, 4.69) is 19.2 Å². The van der Waals surface area contributed by atoms with E-state index < -0.39 is 12.5 Å². The summed E-state index contributed by atoms with van der Waals surface area (Å²) in [4.78, 5) is 0. The number of nitrogens with one attached hydrogen (secondary N) is 1. The Morgan fingerprint density at radius 2 is 0.463 bits per heavy atom. The smallest absolute Gasteiger partial charge is 0.106 e. The molecule has 0 aromatic rings. The van der Waals surface area contributed by atoms with Crippen molar-refractivity contribution in [2.45, 2.75) is 245 Å². The molecule has 0 aliphatic carbocycles. The molecule has 0 saturated heterocycles. The third-order valence-electron chi connectivity index (χ3n) is 9.05. The van der Waals surface area contributed by atoms with E-state index in [9.17, 15) is 10.2 Å². The van der Waals surface area contributed by atoms with E-state index in [-0.39, 0.29) is 0 Å². The lowest BCUT2D eigenvalue weighted by Crippen LogP contribution is -2.38. The summed E-state index contributed by atoms with van der Waals surface area (Å²) in [5, 5.41) is 23.3. The molecule has 0 heterocycles. The molecule has 0 aromatic heterocycles. The number of unbranched alkanes of at least 4 members (excludes halogenated alkanes) is 30. The molecular formula is C38H79NO2. The Labute approximate surface area is 259 Å². The number of aliphatic hydroxyl groups is 2. The van der Waals surface area contributed by atoms with Gasteiger partial charge in [-0.15, -0.1) is 0 Å². The minimum Gasteiger partial charge on any atom is -0.379 e. The Hall–Kier alpha value is -0.120. The number of rotatable bonds is 36. The fourth-order valence-corrected chi connectivity index (χ4v) is 6.16. The molecule has 3 heteroatoms. The van der Waals surface area contributed by atoms with Gasteiger partial charge < -0.3 is 10.2 Å². The van der Waals surface area contributed by atoms with Crippen molar-refractivity contribution in [3.63, 3.8) is 0 Å². The Morgan fingerprint density at radius 1 is 0.293 bits per heavy atom. The van der Waals surface area contributed by atoms with Crippen LogP contribution in [0, 0.1) is 0 Å². The van der Waals surface area contributed by atoms with Gasteiger partial charge in [0.15, 0.2) is 0 Å². The highest BCUT2D eigenvalue weighted by atomic mass is 16.3. The molecule has 0 spiro atoms. The van der Waals surface area contributed by atoms with Gasteiger partial charge in [-0.05, 0) is 25.7 Å². The van der Waals surface area contributed by atoms with E-state index >= 15 is 0 Å². The van der Waals surface area contributed by atoms with Crippen LogP contribution in [0.15, 0.2) is 0 Å². The average molecular weight is 582 g/mol. The molecule has 0 rings (SSSR count). The summed E-state index contributed by atoms with van der Waals surface area (Å²) >= 11 is 0. The first-order valence-corrected chi connectivity index (χ1v) is 19.3. The highest BCUT2D eigenvalue weighted by Crippen LogP contribution is 2.16. The molecule has 0 aromatic carbocycles. The molecule has 3 N–H and O–H groups in total. The molecule has 41 heavy (non-hydrogen) atoms. The molecule has 0 aliphatic rings. The maximum atomic E-state index is 10.2. The molecule has 2 atom stereocenters. The van der Waals surface area contributed by atoms with Crippen LogP contribution < -0.4 is 5.32 Å². The van der Waals surface area contributed by atoms with E-state index in [1.807, 2.05) is 0 Å². The third kappa shape index (κ3) is 36.0. The lowest BCUT2D eigenvalue weighted by molar-refractivity contribution is 0.0310. The average Bonchev–Trinajstić information content (AvgIpc) is 2.96. The van der Waals surface area contributed by atoms with E-state index in [0.29, 0.717) is 0 Å². The molecule has 3 nitrogen and oxygen atoms in total. The minimum absolute atomic E-state index is 0.557. The highest BCUT2D eigenvalue weighted by Gasteiger charge is 2.09. The van der Waals surface area contributed by atoms with Crippen LogP contribution in [0.1, 0.15) is 232 Å². The van der Waals surface area contributed by atoms with Gasteiger partial charge in [-0.25, -0.2) is 0 Å². The van der Waals surface area contributed by atoms with Crippen LogP contribution in [0.4, 0.5) is 0 Å². The van der Waals surface area contributed by atoms with E-state index in [4.69, 9.17) is 0 Å². The van der Waals surface area contributed by atoms with Gasteiger partial charge >= 0.3 is 0 Å². The zero-order valence-corrected chi connectivity index (χ0v) is 28.6. The number of aliphatic hydroxyl groups excluding tert-OH is 2. The largest absolute Gasteiger partial charge is 0.379 e. The lowest BCUT2D eigenvalue weighted by atomic mass is 10.0. The van der Waals surface area contributed by atoms with Crippen LogP contribution in [0.5, 0.6) is 0 Å². The summed E-state index contributed by atoms with van der Waals surface area (Å²) in [6.45, 7) is 4.57. The summed E-state index contributed by atoms with van der Waals surface area (Å²) in [5.74, 6) is 0. The molecular weight excluding hydrogens is 502 g/mol. The van der Waals surface area contributed by atoms with Crippen LogP contribution in [0.2, 0.25) is 0 Å². The van der Waals surface area contributed by atoms with E-state index in [1.54, 1.807) is 0 Å². The van der Waals surface area contributed by atoms with Crippen LogP contribution in [-0.2, 0) is 0 Å². The quantitative estimate of drug-likeness (QED) is 0.0509. The van der Waals surface area contributed by atoms with Crippen LogP contribution >= 0.6 is 0 Å². The Bertz CT molecular complexity index is 458. The van der Waals surface area contributed by atoms with Crippen molar-refractivity contribution in [1.82, 2.24) is 5.32 Å². The van der Waals surface area contributed by atoms with Gasteiger partial charge in [0.05, 0.1) is 0 Å². The van der Waals surface area contributed by atoms with Crippen molar-refractivity contribution >= 4 is 0 Å². The molecule has 0 aliphatic heterocycles. The van der Waals surface area contributed by atoms with Gasteiger partial charge in [-0.1, -0.05) is 206 Å². The fraction of sp³-hybridized carbons (Fsp3) is 1.00. The molecule has 0 radical (unpaired) electrons. The van der Waals surface area contributed by atoms with Gasteiger partial charge in [0, 0.05) is 0 Å². The summed E-state index contributed by atoms with van der Waals surface area (Å²) < 4.78 is 0. The lowest BCUT2D eigenvalue weighted by Gasteiger charge is -2.18. The second-order valence-corrected chi connectivity index (χ2v) is 13.4. The zero-order chi connectivity index (χ0) is 29.9. The Morgan fingerprint density at radius 3 is 0.659 bits per heavy atom. The fourth-order valence-electron chi connectivity index (χ4n) is 6.16. The van der Waals surface area contributed by atoms with Crippen molar-refractivity contribution in [2.24, 2.45) is 0 Å². The second-order valence-electron chi connectivity index (χ2n) is 13.4. The van der Waals surface area contributed by atoms with Gasteiger partial charge in [0.2, 0.25) is 0 Å². The maximum Gasteiger partial charge on any atom is 0.106 e. The summed E-state index contributed by atoms with van der Waals surface area (Å²) in [6, 6.07) is 0. The molecule has 0 bridgehead atoms. The van der Waals surface area contributed by atoms with Crippen molar-refractivity contribution in [3.05, 3.63) is 0 Å². The molecule has 0 fully saturated rings. The highest BCUT2D eigenvalue weighted by molar-refractivity contribution is 4.60. The summed E-state index contributed by atoms with van der Waals surface area (Å²) in [7, 11) is 0. The second kappa shape index (κ2) is 36.1. The Balaban J connectivity index is 3.23. The minimum atomic E-state index is -0.557. The topological polar surface area (TPSA) is 52.5 Å². The van der Waals surface area contributed by atoms with Crippen molar-refractivity contribution in [3.8, 4) is 0 Å². The van der Waals surface area contributed by atoms with Gasteiger partial charge in [0.1, 0.15) is 12.5 Å². The summed E-state index contributed by atoms with van der Waals surface area (Å²) in [6.07, 6.45) is 44.3. The third-order valence-corrected chi connectivity index (χ3v) is 9.05. The first-order valence-electron chi connectivity index (χ1n) is 19.3. The number of hydrogen-bond donors (Lipinski definition) is 3. The van der Waals surface area contributed by atoms with Crippen LogP contribution in [0.25, 0.3) is 0 Å². The van der Waals surface area contributed by atoms with Gasteiger partial charge in [-0.2, -0.15) is 0 Å². The van der Waals surface area contributed by atoms with Crippen molar-refractivity contribution < 1.29 is 10.2 Å². The van der Waals surface area contributed by atoms with Crippen molar-refractivity contribution in [2.75, 3.05) is 0 Å². The SMILES string of the molecule is CCCCCCCCCCCCCCCCCCCCCCCC(O)NC(O)CCCCCCCCCCCCC. The first-order chi connectivity index (χ1) is 20.2. The predicted octanol–water partition coefficient (Wildman–Crippen LogP) is 12.5. The van der Waals surface area contributed by atoms with Gasteiger partial charge in [-0.3, -0.25) is 5.32 Å². The predicted molar refractivity (Wildman–Crippen MR) is 183 cm³/mol. The molecule has 248 valence electrons. The number of hydrogen-bond acceptors (Lipinski definition) is 3. The van der Waals surface area contributed by atoms with Crippen LogP contribution in [0.3, 0.4) is 0 Å². The molecule has 0 saturated carbocycles. The van der Waals surface area contributed by atoms with Crippen molar-refractivity contribution in [1.29, 1.82) is 0 Å². The molecule has 0 amide bonds. The first kappa shape index (κ1) is 40.9. The molecule has 2 unspecified atom stereocenters. The maximum absolute atomic E-state index is 10.2. The summed E-state index contributed by atoms with van der Waals surface area (Å²) in [5.41, 5.74) is 0. The zero-order valence-electron chi connectivity index (χ0n) is 28.6. The standard InChI is InChI=1S/C38H79NO2/c1-3-5-7-9-11-13-15-16-17-18-19-20-21-22-23-24-26-28-30-32-34-36-38(41)39-37(40)35-33-31-29-27-25-14-12-10-8-6-4-2/h37-41H,3-36H2,1-2H3.